The molecule has 0 amide bonds. The number of unbranched alkanes of at least 4 members (excludes halogenated alkanes) is 1. The van der Waals surface area contributed by atoms with E-state index >= 15 is 0 Å². The lowest BCUT2D eigenvalue weighted by molar-refractivity contribution is -0.138. The van der Waals surface area contributed by atoms with E-state index < -0.39 is 12.0 Å². The SMILES string of the molecule is NC(CCCCN=C1CCCC1C(=S)S)C(=O)O. The standard InChI is InChI=1S/C12H20N2O2S2/c13-9(11(15)16)5-1-2-7-14-10-6-3-4-8(10)12(17)18/h8-9H,1-7,13H2,(H,15,16)(H,17,18). The third-order valence-corrected chi connectivity index (χ3v) is 3.78. The first-order valence-corrected chi connectivity index (χ1v) is 7.12. The third-order valence-electron chi connectivity index (χ3n) is 3.18. The first kappa shape index (κ1) is 15.6. The van der Waals surface area contributed by atoms with Crippen LogP contribution in [-0.2, 0) is 4.79 Å². The van der Waals surface area contributed by atoms with Crippen LogP contribution in [0.4, 0.5) is 0 Å². The van der Waals surface area contributed by atoms with Crippen molar-refractivity contribution in [2.45, 2.75) is 44.6 Å². The molecule has 6 heteroatoms. The first-order chi connectivity index (χ1) is 8.52. The predicted molar refractivity (Wildman–Crippen MR) is 80.7 cm³/mol. The van der Waals surface area contributed by atoms with Gasteiger partial charge in [-0.25, -0.2) is 0 Å². The van der Waals surface area contributed by atoms with E-state index in [4.69, 9.17) is 23.1 Å². The minimum atomic E-state index is -0.933. The predicted octanol–water partition coefficient (Wildman–Crippen LogP) is 2.07. The Morgan fingerprint density at radius 1 is 1.61 bits per heavy atom. The van der Waals surface area contributed by atoms with E-state index in [1.54, 1.807) is 0 Å². The van der Waals surface area contributed by atoms with Gasteiger partial charge in [0.1, 0.15) is 6.04 Å². The quantitative estimate of drug-likeness (QED) is 0.381. The second-order valence-electron chi connectivity index (χ2n) is 4.60. The van der Waals surface area contributed by atoms with Gasteiger partial charge in [0.2, 0.25) is 0 Å². The molecule has 0 bridgehead atoms. The zero-order chi connectivity index (χ0) is 13.5. The molecule has 4 nitrogen and oxygen atoms in total. The minimum Gasteiger partial charge on any atom is -0.480 e. The van der Waals surface area contributed by atoms with E-state index in [9.17, 15) is 4.79 Å². The molecule has 0 aliphatic heterocycles. The molecule has 0 heterocycles. The molecule has 2 atom stereocenters. The first-order valence-electron chi connectivity index (χ1n) is 6.26. The Labute approximate surface area is 118 Å². The van der Waals surface area contributed by atoms with Gasteiger partial charge in [0.25, 0.3) is 0 Å². The lowest BCUT2D eigenvalue weighted by Crippen LogP contribution is -2.29. The van der Waals surface area contributed by atoms with E-state index in [1.807, 2.05) is 0 Å². The summed E-state index contributed by atoms with van der Waals surface area (Å²) in [4.78, 5) is 15.1. The molecule has 3 N–H and O–H groups in total. The lowest BCUT2D eigenvalue weighted by atomic mass is 10.1. The van der Waals surface area contributed by atoms with Crippen molar-refractivity contribution in [2.75, 3.05) is 6.54 Å². The number of thiocarbonyl (C=S) groups is 1. The van der Waals surface area contributed by atoms with Crippen LogP contribution in [0.2, 0.25) is 0 Å². The van der Waals surface area contributed by atoms with E-state index in [0.717, 1.165) is 48.6 Å². The summed E-state index contributed by atoms with van der Waals surface area (Å²) >= 11 is 9.33. The summed E-state index contributed by atoms with van der Waals surface area (Å²) in [5, 5.41) is 8.63. The summed E-state index contributed by atoms with van der Waals surface area (Å²) in [5.41, 5.74) is 6.58. The minimum absolute atomic E-state index is 0.268. The van der Waals surface area contributed by atoms with Crippen molar-refractivity contribution >= 4 is 40.7 Å². The van der Waals surface area contributed by atoms with Crippen molar-refractivity contribution in [3.63, 3.8) is 0 Å². The normalized spacial score (nSPS) is 23.2. The lowest BCUT2D eigenvalue weighted by Gasteiger charge is -2.08. The molecule has 0 radical (unpaired) electrons. The summed E-state index contributed by atoms with van der Waals surface area (Å²) in [6.45, 7) is 0.731. The van der Waals surface area contributed by atoms with Gasteiger partial charge in [-0.3, -0.25) is 9.79 Å². The second kappa shape index (κ2) is 7.86. The molecule has 0 spiro atoms. The zero-order valence-corrected chi connectivity index (χ0v) is 12.1. The van der Waals surface area contributed by atoms with Gasteiger partial charge < -0.3 is 10.8 Å². The maximum absolute atomic E-state index is 10.5. The van der Waals surface area contributed by atoms with Crippen LogP contribution in [0.25, 0.3) is 0 Å². The van der Waals surface area contributed by atoms with Crippen molar-refractivity contribution in [1.82, 2.24) is 0 Å². The van der Waals surface area contributed by atoms with Crippen LogP contribution in [0.3, 0.4) is 0 Å². The molecule has 0 aromatic rings. The van der Waals surface area contributed by atoms with Gasteiger partial charge in [-0.2, -0.15) is 0 Å². The molecule has 1 aliphatic carbocycles. The highest BCUT2D eigenvalue weighted by Gasteiger charge is 2.24. The molecule has 102 valence electrons. The van der Waals surface area contributed by atoms with Gasteiger partial charge in [0.05, 0.1) is 4.20 Å². The van der Waals surface area contributed by atoms with Gasteiger partial charge in [0.15, 0.2) is 0 Å². The number of hydrogen-bond acceptors (Lipinski definition) is 4. The van der Waals surface area contributed by atoms with Crippen LogP contribution in [0.1, 0.15) is 38.5 Å². The number of nitrogens with zero attached hydrogens (tertiary/aromatic N) is 1. The van der Waals surface area contributed by atoms with E-state index in [1.165, 1.54) is 0 Å². The summed E-state index contributed by atoms with van der Waals surface area (Å²) in [7, 11) is 0. The van der Waals surface area contributed by atoms with Crippen LogP contribution >= 0.6 is 24.8 Å². The number of nitrogens with two attached hydrogens (primary N) is 1. The van der Waals surface area contributed by atoms with Gasteiger partial charge >= 0.3 is 5.97 Å². The van der Waals surface area contributed by atoms with Crippen molar-refractivity contribution in [3.8, 4) is 0 Å². The molecule has 0 aromatic heterocycles. The van der Waals surface area contributed by atoms with Gasteiger partial charge in [0, 0.05) is 18.2 Å². The molecule has 0 saturated heterocycles. The number of carboxylic acid groups (broad SMARTS) is 1. The Kier molecular flexibility index (Phi) is 6.81. The largest absolute Gasteiger partial charge is 0.480 e. The Hall–Kier alpha value is -0.460. The molecule has 2 unspecified atom stereocenters. The van der Waals surface area contributed by atoms with Crippen molar-refractivity contribution in [1.29, 1.82) is 0 Å². The summed E-state index contributed by atoms with van der Waals surface area (Å²) in [5.74, 6) is -0.665. The molecule has 1 fully saturated rings. The molecule has 0 aromatic carbocycles. The summed E-state index contributed by atoms with van der Waals surface area (Å²) < 4.78 is 0.735. The summed E-state index contributed by atoms with van der Waals surface area (Å²) in [6, 6.07) is -0.748. The molecular weight excluding hydrogens is 268 g/mol. The smallest absolute Gasteiger partial charge is 0.320 e. The highest BCUT2D eigenvalue weighted by Crippen LogP contribution is 2.25. The Morgan fingerprint density at radius 2 is 2.33 bits per heavy atom. The topological polar surface area (TPSA) is 75.7 Å². The summed E-state index contributed by atoms with van der Waals surface area (Å²) in [6.07, 6.45) is 5.38. The van der Waals surface area contributed by atoms with Crippen LogP contribution < -0.4 is 5.73 Å². The maximum Gasteiger partial charge on any atom is 0.320 e. The Morgan fingerprint density at radius 3 is 2.94 bits per heavy atom. The van der Waals surface area contributed by atoms with Crippen LogP contribution in [-0.4, -0.2) is 33.6 Å². The van der Waals surface area contributed by atoms with Crippen LogP contribution in [0.15, 0.2) is 4.99 Å². The average Bonchev–Trinajstić information content (AvgIpc) is 2.76. The highest BCUT2D eigenvalue weighted by molar-refractivity contribution is 8.11. The number of hydrogen-bond donors (Lipinski definition) is 3. The Bertz CT molecular complexity index is 345. The number of rotatable bonds is 7. The van der Waals surface area contributed by atoms with E-state index in [0.29, 0.717) is 6.42 Å². The van der Waals surface area contributed by atoms with Crippen LogP contribution in [0, 0.1) is 5.92 Å². The molecule has 1 saturated carbocycles. The van der Waals surface area contributed by atoms with E-state index in [2.05, 4.69) is 17.6 Å². The monoisotopic (exact) mass is 288 g/mol. The fourth-order valence-electron chi connectivity index (χ4n) is 2.11. The molecular formula is C12H20N2O2S2. The molecule has 18 heavy (non-hydrogen) atoms. The number of aliphatic imine (C=N–C) groups is 1. The molecule has 1 aliphatic rings. The Balaban J connectivity index is 2.24. The second-order valence-corrected chi connectivity index (χ2v) is 5.82. The third kappa shape index (κ3) is 5.04. The van der Waals surface area contributed by atoms with Crippen molar-refractivity contribution in [2.24, 2.45) is 16.6 Å². The number of thiol groups is 1. The fourth-order valence-corrected chi connectivity index (χ4v) is 2.64. The van der Waals surface area contributed by atoms with Crippen molar-refractivity contribution < 1.29 is 9.90 Å². The van der Waals surface area contributed by atoms with Crippen molar-refractivity contribution in [3.05, 3.63) is 0 Å². The number of carbonyl (C=O) groups is 1. The highest BCUT2D eigenvalue weighted by atomic mass is 32.1. The number of aliphatic carboxylic acids is 1. The van der Waals surface area contributed by atoms with Gasteiger partial charge in [-0.1, -0.05) is 12.2 Å². The maximum atomic E-state index is 10.5. The zero-order valence-electron chi connectivity index (χ0n) is 10.3. The number of carboxylic acids is 1. The van der Waals surface area contributed by atoms with Gasteiger partial charge in [-0.05, 0) is 38.5 Å². The fraction of sp³-hybridized carbons (Fsp3) is 0.750. The van der Waals surface area contributed by atoms with Crippen LogP contribution in [0.5, 0.6) is 0 Å². The molecule has 1 rings (SSSR count). The van der Waals surface area contributed by atoms with Gasteiger partial charge in [-0.15, -0.1) is 12.6 Å². The van der Waals surface area contributed by atoms with E-state index in [-0.39, 0.29) is 5.92 Å². The average molecular weight is 288 g/mol.